The van der Waals surface area contributed by atoms with Gasteiger partial charge < -0.3 is 9.64 Å². The number of methoxy groups -OCH3 is 1. The minimum atomic E-state index is -0.244. The Balaban J connectivity index is 1.87. The van der Waals surface area contributed by atoms with Crippen molar-refractivity contribution in [2.45, 2.75) is 50.7 Å². The zero-order valence-corrected chi connectivity index (χ0v) is 16.8. The lowest BCUT2D eigenvalue weighted by Gasteiger charge is -2.46. The van der Waals surface area contributed by atoms with Crippen molar-refractivity contribution in [3.05, 3.63) is 41.7 Å². The molecule has 6 heteroatoms. The van der Waals surface area contributed by atoms with Gasteiger partial charge in [0.05, 0.1) is 12.9 Å². The van der Waals surface area contributed by atoms with Gasteiger partial charge in [-0.1, -0.05) is 18.7 Å². The number of amides is 1. The fraction of sp³-hybridized carbons (Fsp3) is 0.450. The number of aryl methyl sites for hydroxylation is 1. The number of ether oxygens (including phenoxy) is 1. The molecule has 1 aliphatic heterocycles. The Hall–Kier alpha value is -2.08. The fourth-order valence-electron chi connectivity index (χ4n) is 3.69. The monoisotopic (exact) mass is 371 g/mol. The van der Waals surface area contributed by atoms with Crippen molar-refractivity contribution in [1.29, 1.82) is 0 Å². The first-order valence-corrected chi connectivity index (χ1v) is 9.74. The summed E-state index contributed by atoms with van der Waals surface area (Å²) in [7, 11) is 1.67. The normalized spacial score (nSPS) is 18.3. The third-order valence-corrected chi connectivity index (χ3v) is 5.61. The Labute approximate surface area is 159 Å². The van der Waals surface area contributed by atoms with E-state index in [2.05, 4.69) is 30.7 Å². The molecule has 3 rings (SSSR count). The molecule has 0 N–H and O–H groups in total. The van der Waals surface area contributed by atoms with Gasteiger partial charge in [-0.3, -0.25) is 4.79 Å². The first-order valence-electron chi connectivity index (χ1n) is 8.75. The van der Waals surface area contributed by atoms with E-state index in [1.54, 1.807) is 13.3 Å². The Bertz CT molecular complexity index is 822. The van der Waals surface area contributed by atoms with Crippen LogP contribution in [-0.4, -0.2) is 34.3 Å². The van der Waals surface area contributed by atoms with Crippen molar-refractivity contribution in [2.24, 2.45) is 0 Å². The SMILES string of the molecule is COc1ccc2c(c1)[C@@H](C)CC(C)(C)N2C(=O)CSc1nccc(C)n1. The number of anilines is 1. The van der Waals surface area contributed by atoms with E-state index in [1.807, 2.05) is 36.1 Å². The lowest BCUT2D eigenvalue weighted by Crippen LogP contribution is -2.52. The van der Waals surface area contributed by atoms with Gasteiger partial charge in [0.25, 0.3) is 0 Å². The molecule has 138 valence electrons. The van der Waals surface area contributed by atoms with Gasteiger partial charge in [0.15, 0.2) is 5.16 Å². The molecule has 26 heavy (non-hydrogen) atoms. The number of hydrogen-bond acceptors (Lipinski definition) is 5. The second kappa shape index (κ2) is 7.27. The maximum Gasteiger partial charge on any atom is 0.237 e. The second-order valence-corrected chi connectivity index (χ2v) is 8.28. The van der Waals surface area contributed by atoms with E-state index < -0.39 is 0 Å². The molecular weight excluding hydrogens is 346 g/mol. The summed E-state index contributed by atoms with van der Waals surface area (Å²) in [6.07, 6.45) is 2.63. The number of carbonyl (C=O) groups is 1. The van der Waals surface area contributed by atoms with E-state index in [4.69, 9.17) is 4.74 Å². The smallest absolute Gasteiger partial charge is 0.237 e. The van der Waals surface area contributed by atoms with Gasteiger partial charge in [0, 0.05) is 23.1 Å². The van der Waals surface area contributed by atoms with Crippen LogP contribution in [0.4, 0.5) is 5.69 Å². The standard InChI is InChI=1S/C20H25N3O2S/c1-13-11-20(3,4)23(17-7-6-15(25-5)10-16(13)17)18(24)12-26-19-21-9-8-14(2)22-19/h6-10,13H,11-12H2,1-5H3/t13-/m0/s1. The summed E-state index contributed by atoms with van der Waals surface area (Å²) in [6.45, 7) is 8.38. The summed E-state index contributed by atoms with van der Waals surface area (Å²) in [4.78, 5) is 23.7. The maximum atomic E-state index is 13.1. The van der Waals surface area contributed by atoms with Crippen molar-refractivity contribution >= 4 is 23.4 Å². The van der Waals surface area contributed by atoms with E-state index in [9.17, 15) is 4.79 Å². The quantitative estimate of drug-likeness (QED) is 0.595. The van der Waals surface area contributed by atoms with Crippen molar-refractivity contribution < 1.29 is 9.53 Å². The Morgan fingerprint density at radius 3 is 2.85 bits per heavy atom. The highest BCUT2D eigenvalue weighted by molar-refractivity contribution is 7.99. The average Bonchev–Trinajstić information content (AvgIpc) is 2.59. The number of fused-ring (bicyclic) bond motifs is 1. The summed E-state index contributed by atoms with van der Waals surface area (Å²) in [6, 6.07) is 7.82. The third-order valence-electron chi connectivity index (χ3n) is 4.76. The minimum absolute atomic E-state index is 0.0726. The zero-order valence-electron chi connectivity index (χ0n) is 15.9. The predicted molar refractivity (Wildman–Crippen MR) is 105 cm³/mol. The van der Waals surface area contributed by atoms with Gasteiger partial charge in [-0.05, 0) is 62.9 Å². The molecule has 5 nitrogen and oxygen atoms in total. The van der Waals surface area contributed by atoms with Crippen LogP contribution in [0.25, 0.3) is 0 Å². The fourth-order valence-corrected chi connectivity index (χ4v) is 4.42. The average molecular weight is 372 g/mol. The molecule has 0 saturated heterocycles. The molecule has 0 saturated carbocycles. The van der Waals surface area contributed by atoms with Crippen molar-refractivity contribution in [3.8, 4) is 5.75 Å². The Morgan fingerprint density at radius 1 is 1.38 bits per heavy atom. The van der Waals surface area contributed by atoms with Crippen LogP contribution in [-0.2, 0) is 4.79 Å². The zero-order chi connectivity index (χ0) is 18.9. The highest BCUT2D eigenvalue weighted by atomic mass is 32.2. The van der Waals surface area contributed by atoms with Gasteiger partial charge >= 0.3 is 0 Å². The van der Waals surface area contributed by atoms with Gasteiger partial charge in [-0.15, -0.1) is 0 Å². The first-order chi connectivity index (χ1) is 12.3. The molecule has 0 fully saturated rings. The Kier molecular flexibility index (Phi) is 5.23. The van der Waals surface area contributed by atoms with Crippen LogP contribution < -0.4 is 9.64 Å². The number of hydrogen-bond donors (Lipinski definition) is 0. The largest absolute Gasteiger partial charge is 0.497 e. The maximum absolute atomic E-state index is 13.1. The molecule has 0 unspecified atom stereocenters. The summed E-state index contributed by atoms with van der Waals surface area (Å²) in [5.74, 6) is 1.58. The lowest BCUT2D eigenvalue weighted by molar-refractivity contribution is -0.117. The van der Waals surface area contributed by atoms with Crippen LogP contribution in [0.1, 0.15) is 44.4 Å². The molecule has 1 atom stereocenters. The highest BCUT2D eigenvalue weighted by Crippen LogP contribution is 2.44. The number of nitrogens with zero attached hydrogens (tertiary/aromatic N) is 3. The van der Waals surface area contributed by atoms with E-state index >= 15 is 0 Å². The van der Waals surface area contributed by atoms with E-state index in [0.29, 0.717) is 16.8 Å². The molecule has 1 aromatic carbocycles. The molecule has 0 radical (unpaired) electrons. The lowest BCUT2D eigenvalue weighted by atomic mass is 9.80. The second-order valence-electron chi connectivity index (χ2n) is 7.34. The van der Waals surface area contributed by atoms with Crippen LogP contribution in [0.15, 0.2) is 35.6 Å². The molecular formula is C20H25N3O2S. The number of aromatic nitrogens is 2. The third kappa shape index (κ3) is 3.70. The molecule has 0 aliphatic carbocycles. The van der Waals surface area contributed by atoms with Gasteiger partial charge in [0.1, 0.15) is 5.75 Å². The summed E-state index contributed by atoms with van der Waals surface area (Å²) < 4.78 is 5.37. The molecule has 2 heterocycles. The van der Waals surface area contributed by atoms with Crippen molar-refractivity contribution in [2.75, 3.05) is 17.8 Å². The summed E-state index contributed by atoms with van der Waals surface area (Å²) in [5.41, 5.74) is 2.80. The molecule has 0 bridgehead atoms. The first kappa shape index (κ1) is 18.7. The number of benzene rings is 1. The van der Waals surface area contributed by atoms with Crippen LogP contribution in [0.3, 0.4) is 0 Å². The van der Waals surface area contributed by atoms with Gasteiger partial charge in [-0.25, -0.2) is 9.97 Å². The van der Waals surface area contributed by atoms with E-state index in [1.165, 1.54) is 11.8 Å². The Morgan fingerprint density at radius 2 is 2.15 bits per heavy atom. The van der Waals surface area contributed by atoms with Gasteiger partial charge in [-0.2, -0.15) is 0 Å². The van der Waals surface area contributed by atoms with Crippen LogP contribution in [0.2, 0.25) is 0 Å². The predicted octanol–water partition coefficient (Wildman–Crippen LogP) is 4.20. The van der Waals surface area contributed by atoms with E-state index in [0.717, 1.165) is 29.1 Å². The van der Waals surface area contributed by atoms with Gasteiger partial charge in [0.2, 0.25) is 5.91 Å². The summed E-state index contributed by atoms with van der Waals surface area (Å²) in [5, 5.41) is 0.636. The molecule has 0 spiro atoms. The minimum Gasteiger partial charge on any atom is -0.497 e. The van der Waals surface area contributed by atoms with Crippen molar-refractivity contribution in [1.82, 2.24) is 9.97 Å². The van der Waals surface area contributed by atoms with Crippen LogP contribution in [0.5, 0.6) is 5.75 Å². The number of thioether (sulfide) groups is 1. The molecule has 1 amide bonds. The van der Waals surface area contributed by atoms with E-state index in [-0.39, 0.29) is 11.4 Å². The van der Waals surface area contributed by atoms with Crippen molar-refractivity contribution in [3.63, 3.8) is 0 Å². The number of rotatable bonds is 4. The summed E-state index contributed by atoms with van der Waals surface area (Å²) >= 11 is 1.38. The highest BCUT2D eigenvalue weighted by Gasteiger charge is 2.39. The number of carbonyl (C=O) groups excluding carboxylic acids is 1. The van der Waals surface area contributed by atoms with Crippen LogP contribution >= 0.6 is 11.8 Å². The van der Waals surface area contributed by atoms with Crippen LogP contribution in [0, 0.1) is 6.92 Å². The topological polar surface area (TPSA) is 55.3 Å². The molecule has 2 aromatic rings. The molecule has 1 aliphatic rings. The molecule has 1 aromatic heterocycles.